The highest BCUT2D eigenvalue weighted by Gasteiger charge is 2.16. The van der Waals surface area contributed by atoms with E-state index in [0.29, 0.717) is 12.0 Å². The van der Waals surface area contributed by atoms with Crippen molar-refractivity contribution in [3.63, 3.8) is 0 Å². The molecule has 0 fully saturated rings. The van der Waals surface area contributed by atoms with Crippen molar-refractivity contribution in [3.8, 4) is 0 Å². The molecule has 0 aliphatic rings. The lowest BCUT2D eigenvalue weighted by Crippen LogP contribution is -2.33. The van der Waals surface area contributed by atoms with Crippen LogP contribution in [0.3, 0.4) is 0 Å². The Morgan fingerprint density at radius 2 is 2.00 bits per heavy atom. The Bertz CT molecular complexity index is 132. The first-order valence-corrected chi connectivity index (χ1v) is 5.32. The average Bonchev–Trinajstić information content (AvgIpc) is 1.88. The van der Waals surface area contributed by atoms with Gasteiger partial charge in [0.2, 0.25) is 0 Å². The molecule has 0 N–H and O–H groups in total. The highest BCUT2D eigenvalue weighted by molar-refractivity contribution is 6.21. The average molecular weight is 171 g/mol. The standard InChI is InChI=1S/C9H21NSi/c1-6-9(8(3)11)7(2)10(4)5/h7,9H,3,6H2,1-2,4-5,11H3. The van der Waals surface area contributed by atoms with Crippen molar-refractivity contribution in [2.75, 3.05) is 14.1 Å². The Hall–Kier alpha value is -0.0831. The van der Waals surface area contributed by atoms with Gasteiger partial charge in [-0.25, -0.2) is 0 Å². The van der Waals surface area contributed by atoms with Gasteiger partial charge in [-0.05, 0) is 33.4 Å². The largest absolute Gasteiger partial charge is 0.306 e. The Balaban J connectivity index is 4.14. The maximum atomic E-state index is 4.06. The van der Waals surface area contributed by atoms with E-state index >= 15 is 0 Å². The van der Waals surface area contributed by atoms with E-state index in [0.717, 1.165) is 10.2 Å². The molecule has 0 saturated heterocycles. The second-order valence-corrected chi connectivity index (χ2v) is 4.85. The molecule has 0 bridgehead atoms. The van der Waals surface area contributed by atoms with Crippen molar-refractivity contribution in [1.82, 2.24) is 4.90 Å². The van der Waals surface area contributed by atoms with Crippen LogP contribution in [0.25, 0.3) is 0 Å². The highest BCUT2D eigenvalue weighted by atomic mass is 28.1. The molecule has 0 aromatic carbocycles. The molecule has 11 heavy (non-hydrogen) atoms. The van der Waals surface area contributed by atoms with Gasteiger partial charge in [0.15, 0.2) is 0 Å². The highest BCUT2D eigenvalue weighted by Crippen LogP contribution is 2.17. The summed E-state index contributed by atoms with van der Waals surface area (Å²) >= 11 is 0. The van der Waals surface area contributed by atoms with Crippen LogP contribution in [0.5, 0.6) is 0 Å². The first kappa shape index (κ1) is 10.9. The number of hydrogen-bond donors (Lipinski definition) is 0. The summed E-state index contributed by atoms with van der Waals surface area (Å²) in [5, 5.41) is 1.44. The summed E-state index contributed by atoms with van der Waals surface area (Å²) in [5.41, 5.74) is 0. The van der Waals surface area contributed by atoms with Gasteiger partial charge in [-0.2, -0.15) is 0 Å². The molecule has 0 spiro atoms. The summed E-state index contributed by atoms with van der Waals surface area (Å²) in [6, 6.07) is 0.644. The van der Waals surface area contributed by atoms with E-state index in [9.17, 15) is 0 Å². The van der Waals surface area contributed by atoms with Crippen LogP contribution in [0.4, 0.5) is 0 Å². The van der Waals surface area contributed by atoms with E-state index < -0.39 is 0 Å². The molecule has 0 aliphatic carbocycles. The molecule has 0 rings (SSSR count). The Labute approximate surface area is 73.9 Å². The van der Waals surface area contributed by atoms with Crippen LogP contribution in [0.1, 0.15) is 20.3 Å². The van der Waals surface area contributed by atoms with Gasteiger partial charge in [0.05, 0.1) is 0 Å². The minimum absolute atomic E-state index is 0.644. The fourth-order valence-corrected chi connectivity index (χ4v) is 2.35. The van der Waals surface area contributed by atoms with Crippen LogP contribution >= 0.6 is 0 Å². The first-order valence-electron chi connectivity index (χ1n) is 4.32. The van der Waals surface area contributed by atoms with E-state index in [-0.39, 0.29) is 0 Å². The molecule has 0 aliphatic heterocycles. The summed E-state index contributed by atoms with van der Waals surface area (Å²) in [6.45, 7) is 8.58. The third-order valence-corrected chi connectivity index (χ3v) is 3.21. The van der Waals surface area contributed by atoms with E-state index in [1.54, 1.807) is 0 Å². The molecule has 0 aromatic rings. The van der Waals surface area contributed by atoms with Gasteiger partial charge in [0.1, 0.15) is 0 Å². The molecular formula is C9H21NSi. The minimum Gasteiger partial charge on any atom is -0.306 e. The predicted molar refractivity (Wildman–Crippen MR) is 56.0 cm³/mol. The summed E-state index contributed by atoms with van der Waals surface area (Å²) in [4.78, 5) is 2.28. The third kappa shape index (κ3) is 3.21. The molecule has 1 nitrogen and oxygen atoms in total. The van der Waals surface area contributed by atoms with E-state index in [4.69, 9.17) is 0 Å². The zero-order valence-electron chi connectivity index (χ0n) is 8.52. The summed E-state index contributed by atoms with van der Waals surface area (Å²) < 4.78 is 0. The lowest BCUT2D eigenvalue weighted by atomic mass is 9.97. The van der Waals surface area contributed by atoms with Gasteiger partial charge in [-0.1, -0.05) is 12.1 Å². The lowest BCUT2D eigenvalue weighted by Gasteiger charge is -2.28. The zero-order valence-corrected chi connectivity index (χ0v) is 10.5. The maximum absolute atomic E-state index is 4.06. The molecule has 0 aromatic heterocycles. The van der Waals surface area contributed by atoms with E-state index in [2.05, 4.69) is 39.4 Å². The van der Waals surface area contributed by atoms with Crippen molar-refractivity contribution in [2.45, 2.75) is 26.3 Å². The Kier molecular flexibility index (Phi) is 4.69. The van der Waals surface area contributed by atoms with Gasteiger partial charge in [-0.15, -0.1) is 6.58 Å². The van der Waals surface area contributed by atoms with Gasteiger partial charge < -0.3 is 4.90 Å². The normalized spacial score (nSPS) is 16.8. The predicted octanol–water partition coefficient (Wildman–Crippen LogP) is 0.842. The fourth-order valence-electron chi connectivity index (χ4n) is 1.46. The van der Waals surface area contributed by atoms with Crippen molar-refractivity contribution >= 4 is 10.2 Å². The van der Waals surface area contributed by atoms with Gasteiger partial charge >= 0.3 is 0 Å². The van der Waals surface area contributed by atoms with Gasteiger partial charge in [0, 0.05) is 16.3 Å². The molecular weight excluding hydrogens is 150 g/mol. The molecule has 66 valence electrons. The van der Waals surface area contributed by atoms with Crippen molar-refractivity contribution < 1.29 is 0 Å². The quantitative estimate of drug-likeness (QED) is 0.567. The number of hydrogen-bond acceptors (Lipinski definition) is 1. The molecule has 0 heterocycles. The van der Waals surface area contributed by atoms with Gasteiger partial charge in [0.25, 0.3) is 0 Å². The lowest BCUT2D eigenvalue weighted by molar-refractivity contribution is 0.250. The minimum atomic E-state index is 0.644. The molecule has 0 saturated carbocycles. The number of rotatable bonds is 4. The van der Waals surface area contributed by atoms with Crippen molar-refractivity contribution in [1.29, 1.82) is 0 Å². The second kappa shape index (κ2) is 4.73. The third-order valence-electron chi connectivity index (χ3n) is 2.47. The fraction of sp³-hybridized carbons (Fsp3) is 0.778. The Morgan fingerprint density at radius 1 is 1.55 bits per heavy atom. The Morgan fingerprint density at radius 3 is 2.09 bits per heavy atom. The van der Waals surface area contributed by atoms with E-state index in [1.165, 1.54) is 11.6 Å². The topological polar surface area (TPSA) is 3.24 Å². The molecule has 0 radical (unpaired) electrons. The maximum Gasteiger partial charge on any atom is 0.0329 e. The van der Waals surface area contributed by atoms with Crippen molar-refractivity contribution in [3.05, 3.63) is 11.8 Å². The second-order valence-electron chi connectivity index (χ2n) is 3.57. The molecule has 2 heteroatoms. The van der Waals surface area contributed by atoms with Gasteiger partial charge in [-0.3, -0.25) is 0 Å². The van der Waals surface area contributed by atoms with E-state index in [1.807, 2.05) is 0 Å². The molecule has 0 amide bonds. The molecule has 2 atom stereocenters. The first-order chi connectivity index (χ1) is 5.00. The summed E-state index contributed by atoms with van der Waals surface area (Å²) in [6.07, 6.45) is 1.22. The monoisotopic (exact) mass is 171 g/mol. The zero-order chi connectivity index (χ0) is 9.02. The molecule has 2 unspecified atom stereocenters. The van der Waals surface area contributed by atoms with Crippen LogP contribution in [0.15, 0.2) is 11.8 Å². The number of nitrogens with zero attached hydrogens (tertiary/aromatic N) is 1. The van der Waals surface area contributed by atoms with Crippen LogP contribution in [0, 0.1) is 5.92 Å². The van der Waals surface area contributed by atoms with Crippen LogP contribution in [-0.4, -0.2) is 35.3 Å². The van der Waals surface area contributed by atoms with Crippen LogP contribution in [-0.2, 0) is 0 Å². The van der Waals surface area contributed by atoms with Crippen LogP contribution in [0.2, 0.25) is 0 Å². The SMILES string of the molecule is C=C([SiH3])C(CC)C(C)N(C)C. The summed E-state index contributed by atoms with van der Waals surface area (Å²) in [5.74, 6) is 0.705. The van der Waals surface area contributed by atoms with Crippen molar-refractivity contribution in [2.24, 2.45) is 5.92 Å². The smallest absolute Gasteiger partial charge is 0.0329 e. The van der Waals surface area contributed by atoms with Crippen LogP contribution < -0.4 is 0 Å². The summed E-state index contributed by atoms with van der Waals surface area (Å²) in [7, 11) is 5.41.